The van der Waals surface area contributed by atoms with Crippen LogP contribution in [0.15, 0.2) is 84.9 Å². The van der Waals surface area contributed by atoms with E-state index in [-0.39, 0.29) is 6.61 Å². The van der Waals surface area contributed by atoms with E-state index in [0.717, 1.165) is 24.3 Å². The van der Waals surface area contributed by atoms with Crippen LogP contribution in [0.3, 0.4) is 0 Å². The van der Waals surface area contributed by atoms with E-state index in [1.54, 1.807) is 43.3 Å². The molecule has 0 fully saturated rings. The van der Waals surface area contributed by atoms with Gasteiger partial charge >= 0.3 is 12.4 Å². The molecular weight excluding hydrogens is 562 g/mol. The Morgan fingerprint density at radius 1 is 0.643 bits per heavy atom. The van der Waals surface area contributed by atoms with Gasteiger partial charge in [-0.25, -0.2) is 0 Å². The number of alkyl halides is 6. The molecule has 222 valence electrons. The number of hydrogen-bond acceptors (Lipinski definition) is 4. The number of carbonyl (C=O) groups is 1. The van der Waals surface area contributed by atoms with E-state index in [4.69, 9.17) is 14.6 Å². The minimum absolute atomic E-state index is 0.118. The molecule has 0 saturated carbocycles. The molecular formula is C32H28F6O4. The van der Waals surface area contributed by atoms with Crippen LogP contribution in [-0.4, -0.2) is 24.6 Å². The van der Waals surface area contributed by atoms with Gasteiger partial charge < -0.3 is 14.6 Å². The molecule has 10 heteroatoms. The summed E-state index contributed by atoms with van der Waals surface area (Å²) in [5.41, 5.74) is 2.34. The van der Waals surface area contributed by atoms with Crippen molar-refractivity contribution in [2.45, 2.75) is 32.8 Å². The Morgan fingerprint density at radius 2 is 1.07 bits per heavy atom. The van der Waals surface area contributed by atoms with Crippen molar-refractivity contribution < 1.29 is 45.7 Å². The second-order valence-corrected chi connectivity index (χ2v) is 8.88. The summed E-state index contributed by atoms with van der Waals surface area (Å²) in [6.07, 6.45) is -8.01. The minimum atomic E-state index is -4.36. The summed E-state index contributed by atoms with van der Waals surface area (Å²) in [5.74, 6) is 1.02. The van der Waals surface area contributed by atoms with Crippen LogP contribution in [0, 0.1) is 0 Å². The fraction of sp³-hybridized carbons (Fsp3) is 0.219. The zero-order valence-electron chi connectivity index (χ0n) is 22.7. The predicted molar refractivity (Wildman–Crippen MR) is 147 cm³/mol. The van der Waals surface area contributed by atoms with Gasteiger partial charge in [0, 0.05) is 16.7 Å². The molecule has 0 bridgehead atoms. The molecule has 0 amide bonds. The molecule has 4 aromatic rings. The molecule has 0 aliphatic heterocycles. The average molecular weight is 591 g/mol. The molecule has 0 saturated heterocycles. The lowest BCUT2D eigenvalue weighted by Crippen LogP contribution is -2.04. The van der Waals surface area contributed by atoms with E-state index in [0.29, 0.717) is 64.4 Å². The van der Waals surface area contributed by atoms with E-state index in [2.05, 4.69) is 0 Å². The van der Waals surface area contributed by atoms with Gasteiger partial charge in [0.15, 0.2) is 0 Å². The topological polar surface area (TPSA) is 55.8 Å². The van der Waals surface area contributed by atoms with Gasteiger partial charge in [-0.15, -0.1) is 0 Å². The first-order valence-corrected chi connectivity index (χ1v) is 12.8. The fourth-order valence-electron chi connectivity index (χ4n) is 3.98. The largest absolute Gasteiger partial charge is 0.493 e. The SMILES string of the molecule is CCOc1cc(C=O)ccc1-c1ccc(C(F)(F)F)cc1.CCOc1cc(CO)ccc1-c1ccc(C(F)(F)F)cc1. The third-order valence-electron chi connectivity index (χ3n) is 6.02. The van der Waals surface area contributed by atoms with Crippen LogP contribution in [0.5, 0.6) is 11.5 Å². The molecule has 0 aromatic heterocycles. The van der Waals surface area contributed by atoms with Crippen molar-refractivity contribution in [1.82, 2.24) is 0 Å². The van der Waals surface area contributed by atoms with Crippen molar-refractivity contribution in [1.29, 1.82) is 0 Å². The van der Waals surface area contributed by atoms with Gasteiger partial charge in [-0.1, -0.05) is 42.5 Å². The molecule has 0 unspecified atom stereocenters. The van der Waals surface area contributed by atoms with Crippen LogP contribution in [0.25, 0.3) is 22.3 Å². The Labute approximate surface area is 239 Å². The van der Waals surface area contributed by atoms with Crippen LogP contribution in [0.2, 0.25) is 0 Å². The number of aldehydes is 1. The molecule has 0 aliphatic carbocycles. The number of halogens is 6. The van der Waals surface area contributed by atoms with E-state index < -0.39 is 23.5 Å². The van der Waals surface area contributed by atoms with Gasteiger partial charge in [-0.05, 0) is 73.0 Å². The molecule has 1 N–H and O–H groups in total. The first-order chi connectivity index (χ1) is 19.9. The fourth-order valence-corrected chi connectivity index (χ4v) is 3.98. The van der Waals surface area contributed by atoms with E-state index >= 15 is 0 Å². The van der Waals surface area contributed by atoms with Crippen molar-refractivity contribution in [2.75, 3.05) is 13.2 Å². The Balaban J connectivity index is 0.000000230. The van der Waals surface area contributed by atoms with Crippen molar-refractivity contribution >= 4 is 6.29 Å². The summed E-state index contributed by atoms with van der Waals surface area (Å²) in [5, 5.41) is 9.14. The Kier molecular flexibility index (Phi) is 10.8. The zero-order valence-corrected chi connectivity index (χ0v) is 22.7. The van der Waals surface area contributed by atoms with Crippen molar-refractivity contribution in [3.05, 3.63) is 107 Å². The monoisotopic (exact) mass is 590 g/mol. The van der Waals surface area contributed by atoms with Crippen LogP contribution >= 0.6 is 0 Å². The third-order valence-corrected chi connectivity index (χ3v) is 6.02. The lowest BCUT2D eigenvalue weighted by atomic mass is 10.0. The van der Waals surface area contributed by atoms with Crippen molar-refractivity contribution in [3.8, 4) is 33.8 Å². The second-order valence-electron chi connectivity index (χ2n) is 8.88. The summed E-state index contributed by atoms with van der Waals surface area (Å²) < 4.78 is 86.3. The highest BCUT2D eigenvalue weighted by atomic mass is 19.4. The minimum Gasteiger partial charge on any atom is -0.493 e. The van der Waals surface area contributed by atoms with Crippen LogP contribution in [0.1, 0.15) is 40.9 Å². The molecule has 4 aromatic carbocycles. The summed E-state index contributed by atoms with van der Waals surface area (Å²) in [7, 11) is 0. The lowest BCUT2D eigenvalue weighted by molar-refractivity contribution is -0.138. The Bertz CT molecular complexity index is 1460. The molecule has 42 heavy (non-hydrogen) atoms. The summed E-state index contributed by atoms with van der Waals surface area (Å²) in [6, 6.07) is 19.7. The van der Waals surface area contributed by atoms with Crippen LogP contribution < -0.4 is 9.47 Å². The highest BCUT2D eigenvalue weighted by molar-refractivity contribution is 5.80. The first-order valence-electron chi connectivity index (χ1n) is 12.8. The number of rotatable bonds is 8. The average Bonchev–Trinajstić information content (AvgIpc) is 2.97. The van der Waals surface area contributed by atoms with Gasteiger partial charge in [0.1, 0.15) is 17.8 Å². The zero-order chi connectivity index (χ0) is 30.9. The van der Waals surface area contributed by atoms with Gasteiger partial charge in [-0.3, -0.25) is 4.79 Å². The van der Waals surface area contributed by atoms with Crippen molar-refractivity contribution in [3.63, 3.8) is 0 Å². The molecule has 4 nitrogen and oxygen atoms in total. The molecule has 0 spiro atoms. The first kappa shape index (κ1) is 32.2. The Hall–Kier alpha value is -4.31. The third kappa shape index (κ3) is 8.36. The molecule has 0 heterocycles. The lowest BCUT2D eigenvalue weighted by Gasteiger charge is -2.13. The van der Waals surface area contributed by atoms with E-state index in [1.165, 1.54) is 24.3 Å². The number of hydrogen-bond donors (Lipinski definition) is 1. The maximum Gasteiger partial charge on any atom is 0.416 e. The van der Waals surface area contributed by atoms with Gasteiger partial charge in [-0.2, -0.15) is 26.3 Å². The van der Waals surface area contributed by atoms with Crippen LogP contribution in [0.4, 0.5) is 26.3 Å². The summed E-state index contributed by atoms with van der Waals surface area (Å²) in [4.78, 5) is 10.8. The molecule has 0 aliphatic rings. The maximum absolute atomic E-state index is 12.6. The summed E-state index contributed by atoms with van der Waals surface area (Å²) >= 11 is 0. The van der Waals surface area contributed by atoms with Gasteiger partial charge in [0.2, 0.25) is 0 Å². The van der Waals surface area contributed by atoms with Crippen molar-refractivity contribution in [2.24, 2.45) is 0 Å². The second kappa shape index (κ2) is 14.0. The van der Waals surface area contributed by atoms with Gasteiger partial charge in [0.05, 0.1) is 30.9 Å². The molecule has 4 rings (SSSR count). The normalized spacial score (nSPS) is 11.4. The van der Waals surface area contributed by atoms with Gasteiger partial charge in [0.25, 0.3) is 0 Å². The maximum atomic E-state index is 12.6. The van der Waals surface area contributed by atoms with E-state index in [1.807, 2.05) is 6.92 Å². The quantitative estimate of drug-likeness (QED) is 0.165. The Morgan fingerprint density at radius 3 is 1.45 bits per heavy atom. The number of aliphatic hydroxyl groups excluding tert-OH is 1. The highest BCUT2D eigenvalue weighted by Gasteiger charge is 2.31. The van der Waals surface area contributed by atoms with E-state index in [9.17, 15) is 31.1 Å². The predicted octanol–water partition coefficient (Wildman–Crippen LogP) is 8.85. The highest BCUT2D eigenvalue weighted by Crippen LogP contribution is 2.36. The van der Waals surface area contributed by atoms with Crippen LogP contribution in [-0.2, 0) is 19.0 Å². The number of benzene rings is 4. The number of ether oxygens (including phenoxy) is 2. The summed E-state index contributed by atoms with van der Waals surface area (Å²) in [6.45, 7) is 4.33. The number of carbonyl (C=O) groups excluding carboxylic acids is 1. The number of aliphatic hydroxyl groups is 1. The smallest absolute Gasteiger partial charge is 0.416 e. The molecule has 0 radical (unpaired) electrons. The molecule has 0 atom stereocenters. The standard InChI is InChI=1S/C16H15F3O2.C16H13F3O2/c2*1-2-21-15-9-11(10-20)3-8-14(15)12-4-6-13(7-5-12)16(17,18)19/h3-9,20H,2,10H2,1H3;3-10H,2H2,1H3.